The summed E-state index contributed by atoms with van der Waals surface area (Å²) >= 11 is 0. The molecule has 15 heavy (non-hydrogen) atoms. The van der Waals surface area contributed by atoms with Gasteiger partial charge in [0, 0.05) is 19.1 Å². The van der Waals surface area contributed by atoms with E-state index in [1.54, 1.807) is 0 Å². The van der Waals surface area contributed by atoms with Crippen molar-refractivity contribution in [3.8, 4) is 0 Å². The molecule has 1 aliphatic rings. The molecule has 0 aliphatic heterocycles. The second-order valence-electron chi connectivity index (χ2n) is 4.20. The fourth-order valence-corrected chi connectivity index (χ4v) is 1.74. The summed E-state index contributed by atoms with van der Waals surface area (Å²) in [5.41, 5.74) is 5.18. The molecule has 0 aromatic rings. The van der Waals surface area contributed by atoms with E-state index in [1.165, 1.54) is 0 Å². The Hall–Kier alpha value is -0.290. The van der Waals surface area contributed by atoms with Gasteiger partial charge in [0.25, 0.3) is 0 Å². The second kappa shape index (κ2) is 5.16. The normalized spacial score (nSPS) is 19.6. The maximum atomic E-state index is 12.5. The highest BCUT2D eigenvalue weighted by molar-refractivity contribution is 4.86. The first-order valence-electron chi connectivity index (χ1n) is 5.49. The minimum absolute atomic E-state index is 0.0680. The number of rotatable bonds is 6. The van der Waals surface area contributed by atoms with E-state index in [0.29, 0.717) is 6.04 Å². The third kappa shape index (κ3) is 3.99. The van der Waals surface area contributed by atoms with Gasteiger partial charge in [-0.2, -0.15) is 13.2 Å². The quantitative estimate of drug-likeness (QED) is 0.747. The molecule has 1 aliphatic carbocycles. The SMILES string of the molecule is CCCN(CC(CN)C(F)(F)F)C1CC1. The van der Waals surface area contributed by atoms with E-state index in [4.69, 9.17) is 5.73 Å². The van der Waals surface area contributed by atoms with E-state index < -0.39 is 12.1 Å². The molecule has 0 saturated heterocycles. The summed E-state index contributed by atoms with van der Waals surface area (Å²) in [5.74, 6) is -1.37. The van der Waals surface area contributed by atoms with Gasteiger partial charge in [0.2, 0.25) is 0 Å². The van der Waals surface area contributed by atoms with Crippen molar-refractivity contribution in [2.45, 2.75) is 38.4 Å². The van der Waals surface area contributed by atoms with Gasteiger partial charge in [-0.15, -0.1) is 0 Å². The van der Waals surface area contributed by atoms with E-state index >= 15 is 0 Å². The summed E-state index contributed by atoms with van der Waals surface area (Å²) in [4.78, 5) is 1.94. The van der Waals surface area contributed by atoms with E-state index in [-0.39, 0.29) is 13.1 Å². The Labute approximate surface area is 88.6 Å². The second-order valence-corrected chi connectivity index (χ2v) is 4.20. The number of halogens is 3. The van der Waals surface area contributed by atoms with Crippen LogP contribution in [-0.4, -0.2) is 36.8 Å². The number of alkyl halides is 3. The molecular weight excluding hydrogens is 205 g/mol. The molecule has 5 heteroatoms. The van der Waals surface area contributed by atoms with E-state index in [9.17, 15) is 13.2 Å². The molecule has 0 radical (unpaired) electrons. The lowest BCUT2D eigenvalue weighted by Crippen LogP contribution is -2.42. The van der Waals surface area contributed by atoms with Crippen molar-refractivity contribution in [3.63, 3.8) is 0 Å². The number of hydrogen-bond donors (Lipinski definition) is 1. The van der Waals surface area contributed by atoms with Crippen LogP contribution in [0.3, 0.4) is 0 Å². The van der Waals surface area contributed by atoms with Crippen molar-refractivity contribution in [2.75, 3.05) is 19.6 Å². The summed E-state index contributed by atoms with van der Waals surface area (Å²) in [7, 11) is 0. The van der Waals surface area contributed by atoms with Crippen LogP contribution in [0.4, 0.5) is 13.2 Å². The van der Waals surface area contributed by atoms with Crippen molar-refractivity contribution in [3.05, 3.63) is 0 Å². The highest BCUT2D eigenvalue weighted by Crippen LogP contribution is 2.31. The predicted octanol–water partition coefficient (Wildman–Crippen LogP) is 2.00. The fourth-order valence-electron chi connectivity index (χ4n) is 1.74. The zero-order valence-corrected chi connectivity index (χ0v) is 9.06. The van der Waals surface area contributed by atoms with Crippen LogP contribution in [-0.2, 0) is 0 Å². The molecule has 2 nitrogen and oxygen atoms in total. The topological polar surface area (TPSA) is 29.3 Å². The maximum Gasteiger partial charge on any atom is 0.394 e. The highest BCUT2D eigenvalue weighted by atomic mass is 19.4. The first kappa shape index (κ1) is 12.8. The molecule has 1 unspecified atom stereocenters. The zero-order chi connectivity index (χ0) is 11.5. The molecule has 1 fully saturated rings. The van der Waals surface area contributed by atoms with E-state index in [0.717, 1.165) is 25.8 Å². The average molecular weight is 224 g/mol. The minimum Gasteiger partial charge on any atom is -0.330 e. The Kier molecular flexibility index (Phi) is 4.40. The van der Waals surface area contributed by atoms with Crippen LogP contribution in [0.1, 0.15) is 26.2 Å². The van der Waals surface area contributed by atoms with Gasteiger partial charge in [-0.1, -0.05) is 6.92 Å². The summed E-state index contributed by atoms with van der Waals surface area (Å²) in [5, 5.41) is 0. The van der Waals surface area contributed by atoms with Gasteiger partial charge >= 0.3 is 6.18 Å². The number of hydrogen-bond acceptors (Lipinski definition) is 2. The third-order valence-corrected chi connectivity index (χ3v) is 2.78. The van der Waals surface area contributed by atoms with E-state index in [1.807, 2.05) is 11.8 Å². The lowest BCUT2D eigenvalue weighted by molar-refractivity contribution is -0.176. The van der Waals surface area contributed by atoms with Gasteiger partial charge in [-0.3, -0.25) is 4.90 Å². The lowest BCUT2D eigenvalue weighted by Gasteiger charge is -2.27. The van der Waals surface area contributed by atoms with Crippen molar-refractivity contribution in [1.29, 1.82) is 0 Å². The van der Waals surface area contributed by atoms with Gasteiger partial charge in [0.05, 0.1) is 5.92 Å². The molecule has 0 spiro atoms. The van der Waals surface area contributed by atoms with Gasteiger partial charge < -0.3 is 5.73 Å². The molecule has 1 atom stereocenters. The largest absolute Gasteiger partial charge is 0.394 e. The average Bonchev–Trinajstić information content (AvgIpc) is 2.93. The fraction of sp³-hybridized carbons (Fsp3) is 1.00. The van der Waals surface area contributed by atoms with E-state index in [2.05, 4.69) is 0 Å². The van der Waals surface area contributed by atoms with Gasteiger partial charge in [-0.25, -0.2) is 0 Å². The molecule has 0 heterocycles. The van der Waals surface area contributed by atoms with Gasteiger partial charge in [0.1, 0.15) is 0 Å². The van der Waals surface area contributed by atoms with Gasteiger partial charge in [0.15, 0.2) is 0 Å². The van der Waals surface area contributed by atoms with Crippen LogP contribution in [0, 0.1) is 5.92 Å². The van der Waals surface area contributed by atoms with Crippen molar-refractivity contribution in [1.82, 2.24) is 4.90 Å². The summed E-state index contributed by atoms with van der Waals surface area (Å²) in [6.45, 7) is 2.49. The molecule has 0 bridgehead atoms. The third-order valence-electron chi connectivity index (χ3n) is 2.78. The first-order chi connectivity index (χ1) is 6.99. The highest BCUT2D eigenvalue weighted by Gasteiger charge is 2.41. The maximum absolute atomic E-state index is 12.5. The predicted molar refractivity (Wildman–Crippen MR) is 53.5 cm³/mol. The molecular formula is C10H19F3N2. The Morgan fingerprint density at radius 2 is 2.00 bits per heavy atom. The molecule has 0 aromatic heterocycles. The smallest absolute Gasteiger partial charge is 0.330 e. The summed E-state index contributed by atoms with van der Waals surface area (Å²) in [6.07, 6.45) is -1.19. The molecule has 1 rings (SSSR count). The monoisotopic (exact) mass is 224 g/mol. The van der Waals surface area contributed by atoms with Crippen LogP contribution in [0.15, 0.2) is 0 Å². The van der Waals surface area contributed by atoms with Crippen molar-refractivity contribution < 1.29 is 13.2 Å². The van der Waals surface area contributed by atoms with Gasteiger partial charge in [-0.05, 0) is 25.8 Å². The molecule has 2 N–H and O–H groups in total. The molecule has 0 aromatic carbocycles. The van der Waals surface area contributed by atoms with Crippen LogP contribution in [0.2, 0.25) is 0 Å². The van der Waals surface area contributed by atoms with Crippen molar-refractivity contribution >= 4 is 0 Å². The summed E-state index contributed by atoms with van der Waals surface area (Å²) in [6, 6.07) is 0.376. The minimum atomic E-state index is -4.16. The standard InChI is InChI=1S/C10H19F3N2/c1-2-5-15(9-3-4-9)7-8(6-14)10(11,12)13/h8-9H,2-7,14H2,1H3. The molecule has 1 saturated carbocycles. The zero-order valence-electron chi connectivity index (χ0n) is 9.06. The Balaban J connectivity index is 2.47. The Bertz CT molecular complexity index is 190. The number of nitrogens with two attached hydrogens (primary N) is 1. The Morgan fingerprint density at radius 3 is 2.33 bits per heavy atom. The number of nitrogens with zero attached hydrogens (tertiary/aromatic N) is 1. The summed E-state index contributed by atoms with van der Waals surface area (Å²) < 4.78 is 37.5. The van der Waals surface area contributed by atoms with Crippen LogP contribution < -0.4 is 5.73 Å². The molecule has 90 valence electrons. The van der Waals surface area contributed by atoms with Crippen molar-refractivity contribution in [2.24, 2.45) is 11.7 Å². The Morgan fingerprint density at radius 1 is 1.40 bits per heavy atom. The van der Waals surface area contributed by atoms with Crippen LogP contribution >= 0.6 is 0 Å². The molecule has 0 amide bonds. The lowest BCUT2D eigenvalue weighted by atomic mass is 10.1. The van der Waals surface area contributed by atoms with Crippen LogP contribution in [0.5, 0.6) is 0 Å². The first-order valence-corrected chi connectivity index (χ1v) is 5.49. The van der Waals surface area contributed by atoms with Crippen LogP contribution in [0.25, 0.3) is 0 Å².